The zero-order valence-corrected chi connectivity index (χ0v) is 10.4. The molecule has 0 radical (unpaired) electrons. The van der Waals surface area contributed by atoms with E-state index in [1.807, 2.05) is 18.2 Å². The molecule has 13 heavy (non-hydrogen) atoms. The minimum Gasteiger partial charge on any atom is -0.297 e. The van der Waals surface area contributed by atoms with Crippen LogP contribution in [0.25, 0.3) is 10.1 Å². The number of aldehydes is 1. The van der Waals surface area contributed by atoms with Crippen molar-refractivity contribution in [2.75, 3.05) is 0 Å². The molecule has 0 spiro atoms. The molecule has 2 aromatic rings. The molecule has 1 heterocycles. The summed E-state index contributed by atoms with van der Waals surface area (Å²) >= 11 is 8.29. The zero-order chi connectivity index (χ0) is 9.42. The van der Waals surface area contributed by atoms with Gasteiger partial charge in [-0.25, -0.2) is 0 Å². The first kappa shape index (κ1) is 9.37. The number of fused-ring (bicyclic) bond motifs is 1. The van der Waals surface area contributed by atoms with Gasteiger partial charge in [-0.05, 0) is 34.1 Å². The predicted octanol–water partition coefficient (Wildman–Crippen LogP) is 4.24. The van der Waals surface area contributed by atoms with Gasteiger partial charge in [0.1, 0.15) is 0 Å². The fourth-order valence-electron chi connectivity index (χ4n) is 1.13. The molecule has 0 bridgehead atoms. The van der Waals surface area contributed by atoms with Gasteiger partial charge in [-0.1, -0.05) is 15.9 Å². The Morgan fingerprint density at radius 2 is 2.08 bits per heavy atom. The summed E-state index contributed by atoms with van der Waals surface area (Å²) in [5, 5.41) is 1.08. The number of carbonyl (C=O) groups excluding carboxylic acids is 1. The summed E-state index contributed by atoms with van der Waals surface area (Å²) in [4.78, 5) is 11.4. The zero-order valence-electron chi connectivity index (χ0n) is 6.38. The second-order valence-corrected chi connectivity index (χ2v) is 5.33. The Morgan fingerprint density at radius 1 is 1.31 bits per heavy atom. The highest BCUT2D eigenvalue weighted by Gasteiger charge is 2.08. The normalized spacial score (nSPS) is 10.6. The first-order valence-electron chi connectivity index (χ1n) is 3.55. The maximum atomic E-state index is 10.7. The molecule has 0 amide bonds. The highest BCUT2D eigenvalue weighted by molar-refractivity contribution is 9.11. The Balaban J connectivity index is 2.84. The molecule has 0 aliphatic carbocycles. The standard InChI is InChI=1S/C9H4Br2OS/c10-5-1-2-7-6(3-5)9(11)8(4-12)13-7/h1-4H. The number of benzene rings is 1. The Hall–Kier alpha value is -0.190. The summed E-state index contributed by atoms with van der Waals surface area (Å²) in [5.41, 5.74) is 0. The van der Waals surface area contributed by atoms with Crippen molar-refractivity contribution in [1.29, 1.82) is 0 Å². The van der Waals surface area contributed by atoms with E-state index in [1.54, 1.807) is 0 Å². The molecule has 1 aromatic carbocycles. The van der Waals surface area contributed by atoms with Crippen molar-refractivity contribution in [3.05, 3.63) is 32.0 Å². The fourth-order valence-corrected chi connectivity index (χ4v) is 3.18. The number of carbonyl (C=O) groups is 1. The molecule has 0 saturated heterocycles. The van der Waals surface area contributed by atoms with Crippen LogP contribution in [0.15, 0.2) is 27.1 Å². The lowest BCUT2D eigenvalue weighted by Gasteiger charge is -1.91. The maximum Gasteiger partial charge on any atom is 0.161 e. The molecule has 0 aliphatic heterocycles. The number of thiophene rings is 1. The van der Waals surface area contributed by atoms with Gasteiger partial charge in [0, 0.05) is 19.0 Å². The van der Waals surface area contributed by atoms with Crippen LogP contribution in [0, 0.1) is 0 Å². The highest BCUT2D eigenvalue weighted by atomic mass is 79.9. The van der Waals surface area contributed by atoms with E-state index in [0.29, 0.717) is 0 Å². The van der Waals surface area contributed by atoms with E-state index in [9.17, 15) is 4.79 Å². The smallest absolute Gasteiger partial charge is 0.161 e. The molecular formula is C9H4Br2OS. The molecule has 0 saturated carbocycles. The average Bonchev–Trinajstić information content (AvgIpc) is 2.44. The van der Waals surface area contributed by atoms with Crippen molar-refractivity contribution in [2.24, 2.45) is 0 Å². The van der Waals surface area contributed by atoms with Gasteiger partial charge < -0.3 is 0 Å². The van der Waals surface area contributed by atoms with Crippen molar-refractivity contribution in [1.82, 2.24) is 0 Å². The molecule has 1 nitrogen and oxygen atoms in total. The summed E-state index contributed by atoms with van der Waals surface area (Å²) in [5.74, 6) is 0. The number of hydrogen-bond donors (Lipinski definition) is 0. The molecule has 4 heteroatoms. The van der Waals surface area contributed by atoms with Gasteiger partial charge >= 0.3 is 0 Å². The fraction of sp³-hybridized carbons (Fsp3) is 0. The first-order chi connectivity index (χ1) is 6.22. The summed E-state index contributed by atoms with van der Waals surface area (Å²) in [7, 11) is 0. The van der Waals surface area contributed by atoms with Gasteiger partial charge in [-0.3, -0.25) is 4.79 Å². The topological polar surface area (TPSA) is 17.1 Å². The molecule has 66 valence electrons. The molecule has 0 aliphatic rings. The average molecular weight is 320 g/mol. The van der Waals surface area contributed by atoms with Gasteiger partial charge in [0.15, 0.2) is 6.29 Å². The second-order valence-electron chi connectivity index (χ2n) is 2.54. The summed E-state index contributed by atoms with van der Waals surface area (Å²) in [6.07, 6.45) is 0.878. The number of hydrogen-bond acceptors (Lipinski definition) is 2. The van der Waals surface area contributed by atoms with Crippen molar-refractivity contribution >= 4 is 59.6 Å². The van der Waals surface area contributed by atoms with Crippen LogP contribution in [0.1, 0.15) is 9.67 Å². The first-order valence-corrected chi connectivity index (χ1v) is 5.95. The molecular weight excluding hydrogens is 316 g/mol. The van der Waals surface area contributed by atoms with Gasteiger partial charge in [-0.15, -0.1) is 11.3 Å². The summed E-state index contributed by atoms with van der Waals surface area (Å²) in [6, 6.07) is 5.98. The quantitative estimate of drug-likeness (QED) is 0.719. The van der Waals surface area contributed by atoms with Crippen molar-refractivity contribution < 1.29 is 4.79 Å². The molecule has 0 fully saturated rings. The largest absolute Gasteiger partial charge is 0.297 e. The van der Waals surface area contributed by atoms with Crippen LogP contribution in [0.3, 0.4) is 0 Å². The van der Waals surface area contributed by atoms with Crippen LogP contribution in [0.4, 0.5) is 0 Å². The van der Waals surface area contributed by atoms with E-state index in [-0.39, 0.29) is 0 Å². The molecule has 2 rings (SSSR count). The Kier molecular flexibility index (Phi) is 2.53. The third-order valence-corrected chi connectivity index (χ3v) is 4.43. The molecule has 0 unspecified atom stereocenters. The van der Waals surface area contributed by atoms with Gasteiger partial charge in [0.2, 0.25) is 0 Å². The van der Waals surface area contributed by atoms with Crippen LogP contribution in [0.2, 0.25) is 0 Å². The van der Waals surface area contributed by atoms with Crippen LogP contribution < -0.4 is 0 Å². The lowest BCUT2D eigenvalue weighted by atomic mass is 10.2. The Morgan fingerprint density at radius 3 is 2.77 bits per heavy atom. The van der Waals surface area contributed by atoms with Crippen molar-refractivity contribution in [2.45, 2.75) is 0 Å². The van der Waals surface area contributed by atoms with E-state index >= 15 is 0 Å². The molecule has 0 N–H and O–H groups in total. The minimum atomic E-state index is 0.744. The van der Waals surface area contributed by atoms with E-state index in [2.05, 4.69) is 31.9 Å². The third-order valence-electron chi connectivity index (χ3n) is 1.72. The van der Waals surface area contributed by atoms with Crippen molar-refractivity contribution in [3.8, 4) is 0 Å². The number of halogens is 2. The second kappa shape index (κ2) is 3.52. The lowest BCUT2D eigenvalue weighted by molar-refractivity contribution is 0.112. The summed E-state index contributed by atoms with van der Waals surface area (Å²) < 4.78 is 3.04. The van der Waals surface area contributed by atoms with Gasteiger partial charge in [-0.2, -0.15) is 0 Å². The lowest BCUT2D eigenvalue weighted by Crippen LogP contribution is -1.70. The van der Waals surface area contributed by atoms with E-state index < -0.39 is 0 Å². The molecule has 0 atom stereocenters. The van der Waals surface area contributed by atoms with Crippen molar-refractivity contribution in [3.63, 3.8) is 0 Å². The van der Waals surface area contributed by atoms with E-state index in [1.165, 1.54) is 11.3 Å². The monoisotopic (exact) mass is 318 g/mol. The van der Waals surface area contributed by atoms with Gasteiger partial charge in [0.25, 0.3) is 0 Å². The van der Waals surface area contributed by atoms with Crippen LogP contribution in [-0.2, 0) is 0 Å². The minimum absolute atomic E-state index is 0.744. The predicted molar refractivity (Wildman–Crippen MR) is 62.6 cm³/mol. The third kappa shape index (κ3) is 1.58. The van der Waals surface area contributed by atoms with Gasteiger partial charge in [0.05, 0.1) is 4.88 Å². The highest BCUT2D eigenvalue weighted by Crippen LogP contribution is 2.35. The Labute approximate surface area is 96.0 Å². The van der Waals surface area contributed by atoms with Crippen LogP contribution in [0.5, 0.6) is 0 Å². The van der Waals surface area contributed by atoms with Crippen LogP contribution >= 0.6 is 43.2 Å². The summed E-state index contributed by atoms with van der Waals surface area (Å²) in [6.45, 7) is 0. The van der Waals surface area contributed by atoms with E-state index in [0.717, 1.165) is 30.2 Å². The Bertz CT molecular complexity index is 476. The SMILES string of the molecule is O=Cc1sc2ccc(Br)cc2c1Br. The number of rotatable bonds is 1. The van der Waals surface area contributed by atoms with Crippen LogP contribution in [-0.4, -0.2) is 6.29 Å². The maximum absolute atomic E-state index is 10.7. The van der Waals surface area contributed by atoms with E-state index in [4.69, 9.17) is 0 Å². The molecule has 1 aromatic heterocycles.